The highest BCUT2D eigenvalue weighted by Gasteiger charge is 2.23. The first-order chi connectivity index (χ1) is 8.16. The van der Waals surface area contributed by atoms with E-state index in [4.69, 9.17) is 0 Å². The highest BCUT2D eigenvalue weighted by molar-refractivity contribution is 5.29. The second-order valence-electron chi connectivity index (χ2n) is 5.51. The first-order valence-corrected chi connectivity index (χ1v) is 6.65. The predicted octanol–water partition coefficient (Wildman–Crippen LogP) is 2.84. The fourth-order valence-corrected chi connectivity index (χ4v) is 2.03. The average Bonchev–Trinajstić information content (AvgIpc) is 3.12. The smallest absolute Gasteiger partial charge is 0.0914 e. The maximum atomic E-state index is 10.0. The Morgan fingerprint density at radius 2 is 1.82 bits per heavy atom. The molecule has 17 heavy (non-hydrogen) atoms. The van der Waals surface area contributed by atoms with Crippen molar-refractivity contribution in [2.75, 3.05) is 13.1 Å². The Labute approximate surface area is 104 Å². The van der Waals surface area contributed by atoms with Crippen LogP contribution in [0.25, 0.3) is 0 Å². The van der Waals surface area contributed by atoms with Crippen molar-refractivity contribution in [2.45, 2.75) is 38.7 Å². The summed E-state index contributed by atoms with van der Waals surface area (Å²) in [6, 6.07) is 8.46. The van der Waals surface area contributed by atoms with E-state index in [2.05, 4.69) is 43.4 Å². The van der Waals surface area contributed by atoms with E-state index in [1.807, 2.05) is 0 Å². The third-order valence-electron chi connectivity index (χ3n) is 3.26. The lowest BCUT2D eigenvalue weighted by Gasteiger charge is -2.14. The molecule has 94 valence electrons. The fourth-order valence-electron chi connectivity index (χ4n) is 2.03. The summed E-state index contributed by atoms with van der Waals surface area (Å²) in [5.41, 5.74) is 2.45. The highest BCUT2D eigenvalue weighted by atomic mass is 16.3. The van der Waals surface area contributed by atoms with E-state index in [0.717, 1.165) is 18.0 Å². The van der Waals surface area contributed by atoms with Crippen LogP contribution >= 0.6 is 0 Å². The number of benzene rings is 1. The molecule has 2 nitrogen and oxygen atoms in total. The minimum absolute atomic E-state index is 0.387. The Morgan fingerprint density at radius 3 is 2.35 bits per heavy atom. The van der Waals surface area contributed by atoms with Gasteiger partial charge in [-0.25, -0.2) is 0 Å². The van der Waals surface area contributed by atoms with Crippen LogP contribution in [0.2, 0.25) is 0 Å². The van der Waals surface area contributed by atoms with Crippen molar-refractivity contribution in [3.8, 4) is 0 Å². The molecule has 1 aromatic carbocycles. The van der Waals surface area contributed by atoms with Gasteiger partial charge in [0, 0.05) is 6.54 Å². The van der Waals surface area contributed by atoms with Crippen molar-refractivity contribution in [1.82, 2.24) is 5.32 Å². The largest absolute Gasteiger partial charge is 0.387 e. The number of hydrogen-bond donors (Lipinski definition) is 2. The summed E-state index contributed by atoms with van der Waals surface area (Å²) in [4.78, 5) is 0. The molecule has 1 fully saturated rings. The van der Waals surface area contributed by atoms with Gasteiger partial charge in [-0.1, -0.05) is 38.1 Å². The van der Waals surface area contributed by atoms with Gasteiger partial charge < -0.3 is 10.4 Å². The lowest BCUT2D eigenvalue weighted by molar-refractivity contribution is 0.173. The maximum Gasteiger partial charge on any atom is 0.0914 e. The summed E-state index contributed by atoms with van der Waals surface area (Å²) >= 11 is 0. The molecule has 1 aliphatic rings. The monoisotopic (exact) mass is 233 g/mol. The van der Waals surface area contributed by atoms with Crippen molar-refractivity contribution in [2.24, 2.45) is 5.92 Å². The third kappa shape index (κ3) is 3.83. The molecule has 0 radical (unpaired) electrons. The van der Waals surface area contributed by atoms with Crippen LogP contribution in [0.1, 0.15) is 49.8 Å². The molecule has 0 amide bonds. The molecule has 2 rings (SSSR count). The van der Waals surface area contributed by atoms with Crippen molar-refractivity contribution in [3.05, 3.63) is 35.4 Å². The third-order valence-corrected chi connectivity index (χ3v) is 3.26. The van der Waals surface area contributed by atoms with E-state index < -0.39 is 0 Å². The van der Waals surface area contributed by atoms with Gasteiger partial charge in [0.15, 0.2) is 0 Å². The normalized spacial score (nSPS) is 17.4. The summed E-state index contributed by atoms with van der Waals surface area (Å²) in [5.74, 6) is 1.42. The molecule has 1 saturated carbocycles. The van der Waals surface area contributed by atoms with Crippen molar-refractivity contribution in [3.63, 3.8) is 0 Å². The van der Waals surface area contributed by atoms with Crippen LogP contribution in [0.4, 0.5) is 0 Å². The summed E-state index contributed by atoms with van der Waals surface area (Å²) in [5, 5.41) is 13.3. The van der Waals surface area contributed by atoms with Crippen LogP contribution in [-0.4, -0.2) is 18.2 Å². The van der Waals surface area contributed by atoms with Crippen LogP contribution in [0.15, 0.2) is 24.3 Å². The van der Waals surface area contributed by atoms with Crippen LogP contribution in [-0.2, 0) is 0 Å². The molecule has 1 unspecified atom stereocenters. The lowest BCUT2D eigenvalue weighted by Crippen LogP contribution is -2.25. The molecule has 0 bridgehead atoms. The van der Waals surface area contributed by atoms with E-state index in [1.54, 1.807) is 0 Å². The molecule has 0 heterocycles. The van der Waals surface area contributed by atoms with Gasteiger partial charge in [-0.15, -0.1) is 0 Å². The van der Waals surface area contributed by atoms with Gasteiger partial charge in [-0.05, 0) is 42.3 Å². The number of rotatable bonds is 6. The molecule has 0 saturated heterocycles. The SMILES string of the molecule is CC(C)CNCC(O)c1ccc(C2CC2)cc1. The first kappa shape index (κ1) is 12.6. The molecule has 1 aromatic rings. The number of aliphatic hydroxyl groups excluding tert-OH is 1. The number of hydrogen-bond acceptors (Lipinski definition) is 2. The standard InChI is InChI=1S/C15H23NO/c1-11(2)9-16-10-15(17)14-7-5-13(6-8-14)12-3-4-12/h5-8,11-12,15-17H,3-4,9-10H2,1-2H3. The Bertz CT molecular complexity index is 340. The number of nitrogens with one attached hydrogen (secondary N) is 1. The maximum absolute atomic E-state index is 10.0. The topological polar surface area (TPSA) is 32.3 Å². The van der Waals surface area contributed by atoms with Crippen molar-refractivity contribution >= 4 is 0 Å². The number of aliphatic hydroxyl groups is 1. The molecule has 1 aliphatic carbocycles. The summed E-state index contributed by atoms with van der Waals surface area (Å²) in [6.45, 7) is 5.94. The van der Waals surface area contributed by atoms with E-state index in [0.29, 0.717) is 12.5 Å². The van der Waals surface area contributed by atoms with Gasteiger partial charge >= 0.3 is 0 Å². The van der Waals surface area contributed by atoms with Crippen LogP contribution in [0, 0.1) is 5.92 Å². The van der Waals surface area contributed by atoms with Gasteiger partial charge in [0.25, 0.3) is 0 Å². The zero-order chi connectivity index (χ0) is 12.3. The zero-order valence-electron chi connectivity index (χ0n) is 10.8. The second kappa shape index (κ2) is 5.65. The van der Waals surface area contributed by atoms with Crippen molar-refractivity contribution < 1.29 is 5.11 Å². The van der Waals surface area contributed by atoms with Crippen LogP contribution < -0.4 is 5.32 Å². The predicted molar refractivity (Wildman–Crippen MR) is 71.1 cm³/mol. The molecule has 2 heteroatoms. The lowest BCUT2D eigenvalue weighted by atomic mass is 10.0. The molecule has 1 atom stereocenters. The van der Waals surface area contributed by atoms with E-state index in [-0.39, 0.29) is 6.10 Å². The molecule has 2 N–H and O–H groups in total. The Balaban J connectivity index is 1.83. The van der Waals surface area contributed by atoms with Crippen LogP contribution in [0.3, 0.4) is 0 Å². The zero-order valence-corrected chi connectivity index (χ0v) is 10.8. The molecular formula is C15H23NO. The minimum atomic E-state index is -0.387. The Morgan fingerprint density at radius 1 is 1.18 bits per heavy atom. The molecular weight excluding hydrogens is 210 g/mol. The second-order valence-corrected chi connectivity index (χ2v) is 5.51. The fraction of sp³-hybridized carbons (Fsp3) is 0.600. The first-order valence-electron chi connectivity index (χ1n) is 6.65. The van der Waals surface area contributed by atoms with E-state index in [9.17, 15) is 5.11 Å². The quantitative estimate of drug-likeness (QED) is 0.792. The molecule has 0 spiro atoms. The van der Waals surface area contributed by atoms with Gasteiger partial charge in [-0.3, -0.25) is 0 Å². The summed E-state index contributed by atoms with van der Waals surface area (Å²) < 4.78 is 0. The van der Waals surface area contributed by atoms with Gasteiger partial charge in [0.1, 0.15) is 0 Å². The minimum Gasteiger partial charge on any atom is -0.387 e. The average molecular weight is 233 g/mol. The summed E-state index contributed by atoms with van der Waals surface area (Å²) in [7, 11) is 0. The van der Waals surface area contributed by atoms with E-state index in [1.165, 1.54) is 18.4 Å². The summed E-state index contributed by atoms with van der Waals surface area (Å²) in [6.07, 6.45) is 2.28. The van der Waals surface area contributed by atoms with Gasteiger partial charge in [-0.2, -0.15) is 0 Å². The van der Waals surface area contributed by atoms with Crippen LogP contribution in [0.5, 0.6) is 0 Å². The van der Waals surface area contributed by atoms with Gasteiger partial charge in [0.05, 0.1) is 6.10 Å². The highest BCUT2D eigenvalue weighted by Crippen LogP contribution is 2.40. The Hall–Kier alpha value is -0.860. The van der Waals surface area contributed by atoms with Crippen molar-refractivity contribution in [1.29, 1.82) is 0 Å². The Kier molecular flexibility index (Phi) is 4.19. The molecule has 0 aliphatic heterocycles. The van der Waals surface area contributed by atoms with Gasteiger partial charge in [0.2, 0.25) is 0 Å². The molecule has 0 aromatic heterocycles. The van der Waals surface area contributed by atoms with E-state index >= 15 is 0 Å².